The molecule has 1 saturated carbocycles. The topological polar surface area (TPSA) is 43.8 Å². The van der Waals surface area contributed by atoms with Gasteiger partial charge in [-0.3, -0.25) is 4.68 Å². The summed E-state index contributed by atoms with van der Waals surface area (Å²) in [6.07, 6.45) is 8.38. The van der Waals surface area contributed by atoms with Crippen LogP contribution in [0.3, 0.4) is 0 Å². The Morgan fingerprint density at radius 1 is 1.30 bits per heavy atom. The van der Waals surface area contributed by atoms with E-state index in [0.717, 1.165) is 25.1 Å². The average molecular weight is 342 g/mol. The molecule has 1 aliphatic carbocycles. The van der Waals surface area contributed by atoms with E-state index in [9.17, 15) is 0 Å². The number of nitrogens with zero attached hydrogens (tertiary/aromatic N) is 2. The van der Waals surface area contributed by atoms with Crippen LogP contribution in [0.4, 0.5) is 0 Å². The Bertz CT molecular complexity index is 447. The number of hydrogen-bond donors (Lipinski definition) is 1. The quantitative estimate of drug-likeness (QED) is 0.847. The minimum absolute atomic E-state index is 0.248. The predicted molar refractivity (Wildman–Crippen MR) is 87.9 cm³/mol. The number of aromatic nitrogens is 2. The van der Waals surface area contributed by atoms with Crippen LogP contribution in [-0.4, -0.2) is 15.8 Å². The molecule has 0 saturated heterocycles. The molecule has 1 aliphatic rings. The second-order valence-electron chi connectivity index (χ2n) is 6.11. The van der Waals surface area contributed by atoms with Crippen LogP contribution >= 0.6 is 15.9 Å². The van der Waals surface area contributed by atoms with E-state index in [1.807, 2.05) is 0 Å². The van der Waals surface area contributed by atoms with Crippen molar-refractivity contribution in [2.24, 2.45) is 11.1 Å². The lowest BCUT2D eigenvalue weighted by Crippen LogP contribution is -2.41. The molecule has 2 N–H and O–H groups in total. The summed E-state index contributed by atoms with van der Waals surface area (Å²) in [6.45, 7) is 7.52. The Balaban J connectivity index is 2.22. The highest BCUT2D eigenvalue weighted by Crippen LogP contribution is 2.44. The number of rotatable bonds is 6. The van der Waals surface area contributed by atoms with Crippen molar-refractivity contribution >= 4 is 15.9 Å². The molecular formula is C16H28BrN3. The molecular weight excluding hydrogens is 314 g/mol. The highest BCUT2D eigenvalue weighted by Gasteiger charge is 2.38. The van der Waals surface area contributed by atoms with E-state index in [1.54, 1.807) is 0 Å². The van der Waals surface area contributed by atoms with E-state index in [-0.39, 0.29) is 6.04 Å². The molecule has 1 heterocycles. The van der Waals surface area contributed by atoms with Crippen LogP contribution in [-0.2, 0) is 19.4 Å². The zero-order chi connectivity index (χ0) is 14.8. The Morgan fingerprint density at radius 2 is 1.95 bits per heavy atom. The van der Waals surface area contributed by atoms with Crippen LogP contribution in [0.25, 0.3) is 0 Å². The molecule has 3 nitrogen and oxygen atoms in total. The maximum absolute atomic E-state index is 6.64. The van der Waals surface area contributed by atoms with Gasteiger partial charge in [-0.25, -0.2) is 0 Å². The summed E-state index contributed by atoms with van der Waals surface area (Å²) < 4.78 is 3.31. The average Bonchev–Trinajstić information content (AvgIpc) is 3.06. The van der Waals surface area contributed by atoms with Gasteiger partial charge in [0.1, 0.15) is 0 Å². The van der Waals surface area contributed by atoms with Gasteiger partial charge in [0.25, 0.3) is 0 Å². The Hall–Kier alpha value is -0.350. The van der Waals surface area contributed by atoms with Crippen LogP contribution in [0.15, 0.2) is 4.47 Å². The number of nitrogens with two attached hydrogens (primary N) is 1. The first-order chi connectivity index (χ1) is 9.57. The first-order valence-electron chi connectivity index (χ1n) is 8.07. The van der Waals surface area contributed by atoms with Crippen molar-refractivity contribution in [3.8, 4) is 0 Å². The van der Waals surface area contributed by atoms with E-state index in [0.29, 0.717) is 5.41 Å². The van der Waals surface area contributed by atoms with E-state index in [1.165, 1.54) is 42.3 Å². The lowest BCUT2D eigenvalue weighted by Gasteiger charge is -2.34. The van der Waals surface area contributed by atoms with Crippen molar-refractivity contribution in [1.82, 2.24) is 9.78 Å². The van der Waals surface area contributed by atoms with Crippen molar-refractivity contribution < 1.29 is 0 Å². The summed E-state index contributed by atoms with van der Waals surface area (Å²) in [5.41, 5.74) is 9.44. The van der Waals surface area contributed by atoms with Gasteiger partial charge in [0.2, 0.25) is 0 Å². The van der Waals surface area contributed by atoms with Crippen molar-refractivity contribution in [2.75, 3.05) is 0 Å². The van der Waals surface area contributed by atoms with Crippen molar-refractivity contribution in [1.29, 1.82) is 0 Å². The molecule has 1 unspecified atom stereocenters. The van der Waals surface area contributed by atoms with Gasteiger partial charge in [-0.2, -0.15) is 5.10 Å². The fourth-order valence-electron chi connectivity index (χ4n) is 3.70. The summed E-state index contributed by atoms with van der Waals surface area (Å²) in [5.74, 6) is 0. The Morgan fingerprint density at radius 3 is 2.45 bits per heavy atom. The van der Waals surface area contributed by atoms with Crippen molar-refractivity contribution in [3.63, 3.8) is 0 Å². The minimum Gasteiger partial charge on any atom is -0.327 e. The summed E-state index contributed by atoms with van der Waals surface area (Å²) in [6, 6.07) is 0.248. The maximum atomic E-state index is 6.64. The highest BCUT2D eigenvalue weighted by atomic mass is 79.9. The smallest absolute Gasteiger partial charge is 0.0766 e. The Labute approximate surface area is 131 Å². The van der Waals surface area contributed by atoms with Gasteiger partial charge >= 0.3 is 0 Å². The van der Waals surface area contributed by atoms with Gasteiger partial charge in [-0.15, -0.1) is 0 Å². The van der Waals surface area contributed by atoms with Crippen molar-refractivity contribution in [2.45, 2.75) is 78.3 Å². The van der Waals surface area contributed by atoms with Gasteiger partial charge < -0.3 is 5.73 Å². The number of halogens is 1. The molecule has 0 radical (unpaired) electrons. The normalized spacial score (nSPS) is 19.4. The molecule has 0 aromatic carbocycles. The largest absolute Gasteiger partial charge is 0.327 e. The van der Waals surface area contributed by atoms with Gasteiger partial charge in [0, 0.05) is 19.0 Å². The van der Waals surface area contributed by atoms with Gasteiger partial charge in [-0.1, -0.05) is 26.7 Å². The SMILES string of the molecule is CCc1nn(CC)c(CC(N)C2(CC)CCCC2)c1Br. The molecule has 1 atom stereocenters. The number of hydrogen-bond acceptors (Lipinski definition) is 2. The molecule has 2 rings (SSSR count). The molecule has 4 heteroatoms. The first kappa shape index (κ1) is 16.0. The fraction of sp³-hybridized carbons (Fsp3) is 0.812. The molecule has 0 bridgehead atoms. The van der Waals surface area contributed by atoms with Gasteiger partial charge in [0.05, 0.1) is 15.9 Å². The third-order valence-electron chi connectivity index (χ3n) is 5.20. The first-order valence-corrected chi connectivity index (χ1v) is 8.86. The third kappa shape index (κ3) is 2.82. The highest BCUT2D eigenvalue weighted by molar-refractivity contribution is 9.10. The Kier molecular flexibility index (Phi) is 5.30. The molecule has 20 heavy (non-hydrogen) atoms. The monoisotopic (exact) mass is 341 g/mol. The lowest BCUT2D eigenvalue weighted by atomic mass is 9.75. The van der Waals surface area contributed by atoms with E-state index >= 15 is 0 Å². The fourth-order valence-corrected chi connectivity index (χ4v) is 4.43. The van der Waals surface area contributed by atoms with Crippen LogP contribution < -0.4 is 5.73 Å². The van der Waals surface area contributed by atoms with Crippen LogP contribution in [0, 0.1) is 5.41 Å². The molecule has 0 spiro atoms. The standard InChI is InChI=1S/C16H28BrN3/c1-4-12-15(17)13(20(6-3)19-12)11-14(18)16(5-2)9-7-8-10-16/h14H,4-11,18H2,1-3H3. The maximum Gasteiger partial charge on any atom is 0.0766 e. The van der Waals surface area contributed by atoms with Crippen molar-refractivity contribution in [3.05, 3.63) is 15.9 Å². The molecule has 0 aliphatic heterocycles. The second-order valence-corrected chi connectivity index (χ2v) is 6.90. The zero-order valence-electron chi connectivity index (χ0n) is 13.1. The molecule has 1 fully saturated rings. The number of aryl methyl sites for hydroxylation is 2. The summed E-state index contributed by atoms with van der Waals surface area (Å²) in [7, 11) is 0. The summed E-state index contributed by atoms with van der Waals surface area (Å²) in [5, 5.41) is 4.69. The third-order valence-corrected chi connectivity index (χ3v) is 6.11. The minimum atomic E-state index is 0.248. The van der Waals surface area contributed by atoms with Gasteiger partial charge in [0.15, 0.2) is 0 Å². The van der Waals surface area contributed by atoms with Crippen LogP contribution in [0.1, 0.15) is 64.3 Å². The van der Waals surface area contributed by atoms with Crippen LogP contribution in [0.2, 0.25) is 0 Å². The summed E-state index contributed by atoms with van der Waals surface area (Å²) >= 11 is 3.74. The molecule has 1 aromatic heterocycles. The van der Waals surface area contributed by atoms with E-state index in [4.69, 9.17) is 5.73 Å². The van der Waals surface area contributed by atoms with Crippen LogP contribution in [0.5, 0.6) is 0 Å². The molecule has 114 valence electrons. The zero-order valence-corrected chi connectivity index (χ0v) is 14.7. The molecule has 1 aromatic rings. The lowest BCUT2D eigenvalue weighted by molar-refractivity contribution is 0.216. The van der Waals surface area contributed by atoms with E-state index < -0.39 is 0 Å². The summed E-state index contributed by atoms with van der Waals surface area (Å²) in [4.78, 5) is 0. The second kappa shape index (κ2) is 6.61. The predicted octanol–water partition coefficient (Wildman–Crippen LogP) is 4.07. The van der Waals surface area contributed by atoms with Gasteiger partial charge in [-0.05, 0) is 54.0 Å². The molecule has 0 amide bonds. The van der Waals surface area contributed by atoms with E-state index in [2.05, 4.69) is 46.5 Å².